The third-order valence-corrected chi connectivity index (χ3v) is 3.85. The van der Waals surface area contributed by atoms with Crippen molar-refractivity contribution in [2.75, 3.05) is 24.6 Å². The molecule has 92 valence electrons. The molecule has 0 bridgehead atoms. The summed E-state index contributed by atoms with van der Waals surface area (Å²) in [6.07, 6.45) is 3.76. The van der Waals surface area contributed by atoms with Crippen molar-refractivity contribution in [3.8, 4) is 0 Å². The summed E-state index contributed by atoms with van der Waals surface area (Å²) >= 11 is 7.12. The van der Waals surface area contributed by atoms with Crippen LogP contribution in [0.5, 0.6) is 0 Å². The van der Waals surface area contributed by atoms with Crippen molar-refractivity contribution < 1.29 is 4.79 Å². The average molecular weight is 272 g/mol. The summed E-state index contributed by atoms with van der Waals surface area (Å²) in [5.41, 5.74) is 6.29. The Bertz CT molecular complexity index is 421. The molecule has 2 N–H and O–H groups in total. The molecule has 1 fully saturated rings. The predicted octanol–water partition coefficient (Wildman–Crippen LogP) is 2.03. The molecule has 0 aromatic carbocycles. The van der Waals surface area contributed by atoms with Crippen LogP contribution in [0.2, 0.25) is 5.02 Å². The predicted molar refractivity (Wildman–Crippen MR) is 70.2 cm³/mol. The van der Waals surface area contributed by atoms with Crippen LogP contribution in [0.4, 0.5) is 5.69 Å². The first-order valence-corrected chi connectivity index (χ1v) is 6.85. The Morgan fingerprint density at radius 2 is 2.24 bits per heavy atom. The Hall–Kier alpha value is -0.940. The van der Waals surface area contributed by atoms with E-state index in [0.717, 1.165) is 25.9 Å². The highest BCUT2D eigenvalue weighted by atomic mass is 35.5. The van der Waals surface area contributed by atoms with Gasteiger partial charge in [-0.2, -0.15) is 0 Å². The number of carbonyl (C=O) groups excluding carboxylic acids is 1. The molecule has 1 aliphatic rings. The molecule has 6 heteroatoms. The van der Waals surface area contributed by atoms with Gasteiger partial charge in [-0.3, -0.25) is 4.79 Å². The summed E-state index contributed by atoms with van der Waals surface area (Å²) in [4.78, 5) is 17.8. The summed E-state index contributed by atoms with van der Waals surface area (Å²) in [7, 11) is 0. The van der Waals surface area contributed by atoms with Gasteiger partial charge in [0.2, 0.25) is 5.91 Å². The lowest BCUT2D eigenvalue weighted by molar-refractivity contribution is -0.127. The van der Waals surface area contributed by atoms with Gasteiger partial charge >= 0.3 is 0 Å². The number of aromatic nitrogens is 1. The molecule has 1 aromatic heterocycles. The van der Waals surface area contributed by atoms with Crippen molar-refractivity contribution in [1.29, 1.82) is 0 Å². The number of pyridine rings is 1. The second-order valence-electron chi connectivity index (χ2n) is 3.92. The second-order valence-corrected chi connectivity index (χ2v) is 5.32. The van der Waals surface area contributed by atoms with Crippen LogP contribution in [0.15, 0.2) is 17.3 Å². The zero-order valence-electron chi connectivity index (χ0n) is 9.36. The van der Waals surface area contributed by atoms with Crippen molar-refractivity contribution in [2.45, 2.75) is 17.9 Å². The van der Waals surface area contributed by atoms with Crippen molar-refractivity contribution >= 4 is 35.0 Å². The maximum Gasteiger partial charge on any atom is 0.232 e. The number of amides is 1. The average Bonchev–Trinajstić information content (AvgIpc) is 2.81. The molecule has 0 unspecified atom stereocenters. The zero-order valence-corrected chi connectivity index (χ0v) is 10.9. The number of nitrogens with two attached hydrogens (primary N) is 1. The lowest BCUT2D eigenvalue weighted by atomic mass is 10.4. The van der Waals surface area contributed by atoms with Crippen molar-refractivity contribution in [2.24, 2.45) is 0 Å². The van der Waals surface area contributed by atoms with Crippen LogP contribution in [0, 0.1) is 0 Å². The van der Waals surface area contributed by atoms with E-state index in [1.807, 2.05) is 4.90 Å². The molecule has 0 saturated carbocycles. The standard InChI is InChI=1S/C11H14ClN3OS/c12-8-5-9(13)11(14-6-8)17-7-10(16)15-3-1-2-4-15/h5-6H,1-4,7,13H2. The third kappa shape index (κ3) is 3.26. The van der Waals surface area contributed by atoms with Crippen molar-refractivity contribution in [1.82, 2.24) is 9.88 Å². The van der Waals surface area contributed by atoms with Crippen LogP contribution < -0.4 is 5.73 Å². The molecule has 1 amide bonds. The van der Waals surface area contributed by atoms with Crippen molar-refractivity contribution in [3.05, 3.63) is 17.3 Å². The first-order valence-electron chi connectivity index (χ1n) is 5.48. The topological polar surface area (TPSA) is 59.2 Å². The van der Waals surface area contributed by atoms with E-state index >= 15 is 0 Å². The Morgan fingerprint density at radius 3 is 2.88 bits per heavy atom. The van der Waals surface area contributed by atoms with Crippen LogP contribution in [0.3, 0.4) is 0 Å². The van der Waals surface area contributed by atoms with E-state index in [1.54, 1.807) is 12.3 Å². The van der Waals surface area contributed by atoms with Crippen LogP contribution in [-0.2, 0) is 4.79 Å². The van der Waals surface area contributed by atoms with Gasteiger partial charge in [-0.25, -0.2) is 4.98 Å². The lowest BCUT2D eigenvalue weighted by Crippen LogP contribution is -2.29. The first kappa shape index (κ1) is 12.5. The minimum atomic E-state index is 0.156. The number of thioether (sulfide) groups is 1. The fraction of sp³-hybridized carbons (Fsp3) is 0.455. The fourth-order valence-electron chi connectivity index (χ4n) is 1.75. The van der Waals surface area contributed by atoms with Gasteiger partial charge in [-0.05, 0) is 18.9 Å². The number of nitrogen functional groups attached to an aromatic ring is 1. The zero-order chi connectivity index (χ0) is 12.3. The SMILES string of the molecule is Nc1cc(Cl)cnc1SCC(=O)N1CCCC1. The van der Waals surface area contributed by atoms with Gasteiger partial charge < -0.3 is 10.6 Å². The highest BCUT2D eigenvalue weighted by molar-refractivity contribution is 8.00. The number of hydrogen-bond donors (Lipinski definition) is 1. The van der Waals surface area contributed by atoms with Gasteiger partial charge in [0.1, 0.15) is 5.03 Å². The van der Waals surface area contributed by atoms with E-state index in [-0.39, 0.29) is 5.91 Å². The molecule has 0 aliphatic carbocycles. The van der Waals surface area contributed by atoms with Gasteiger partial charge in [-0.1, -0.05) is 23.4 Å². The van der Waals surface area contributed by atoms with Crippen molar-refractivity contribution in [3.63, 3.8) is 0 Å². The largest absolute Gasteiger partial charge is 0.396 e. The maximum atomic E-state index is 11.8. The highest BCUT2D eigenvalue weighted by Gasteiger charge is 2.18. The Morgan fingerprint density at radius 1 is 1.53 bits per heavy atom. The molecule has 2 rings (SSSR count). The van der Waals surface area contributed by atoms with Gasteiger partial charge in [0, 0.05) is 19.3 Å². The number of hydrogen-bond acceptors (Lipinski definition) is 4. The van der Waals surface area contributed by atoms with Crippen LogP contribution in [0.1, 0.15) is 12.8 Å². The van der Waals surface area contributed by atoms with E-state index in [9.17, 15) is 4.79 Å². The Balaban J connectivity index is 1.90. The fourth-order valence-corrected chi connectivity index (χ4v) is 2.71. The van der Waals surface area contributed by atoms with E-state index in [0.29, 0.717) is 21.5 Å². The minimum absolute atomic E-state index is 0.156. The van der Waals surface area contributed by atoms with E-state index in [2.05, 4.69) is 4.98 Å². The Kier molecular flexibility index (Phi) is 4.12. The molecule has 0 spiro atoms. The normalized spacial score (nSPS) is 15.2. The first-order chi connectivity index (χ1) is 8.16. The van der Waals surface area contributed by atoms with Gasteiger partial charge in [0.25, 0.3) is 0 Å². The smallest absolute Gasteiger partial charge is 0.232 e. The molecule has 1 aromatic rings. The Labute approximate surface area is 110 Å². The van der Waals surface area contributed by atoms with E-state index in [4.69, 9.17) is 17.3 Å². The number of nitrogens with zero attached hydrogens (tertiary/aromatic N) is 2. The molecular weight excluding hydrogens is 258 g/mol. The summed E-state index contributed by atoms with van der Waals surface area (Å²) in [6, 6.07) is 1.65. The molecule has 2 heterocycles. The molecule has 17 heavy (non-hydrogen) atoms. The summed E-state index contributed by atoms with van der Waals surface area (Å²) < 4.78 is 0. The summed E-state index contributed by atoms with van der Waals surface area (Å²) in [5, 5.41) is 1.18. The molecule has 1 aliphatic heterocycles. The van der Waals surface area contributed by atoms with Gasteiger partial charge in [-0.15, -0.1) is 0 Å². The summed E-state index contributed by atoms with van der Waals surface area (Å²) in [6.45, 7) is 1.76. The minimum Gasteiger partial charge on any atom is -0.396 e. The van der Waals surface area contributed by atoms with E-state index < -0.39 is 0 Å². The number of halogens is 1. The molecule has 0 atom stereocenters. The number of carbonyl (C=O) groups is 1. The summed E-state index contributed by atoms with van der Waals surface area (Å²) in [5.74, 6) is 0.544. The highest BCUT2D eigenvalue weighted by Crippen LogP contribution is 2.25. The molecule has 0 radical (unpaired) electrons. The van der Waals surface area contributed by atoms with Gasteiger partial charge in [0.15, 0.2) is 0 Å². The molecular formula is C11H14ClN3OS. The monoisotopic (exact) mass is 271 g/mol. The number of rotatable bonds is 3. The van der Waals surface area contributed by atoms with Gasteiger partial charge in [0.05, 0.1) is 16.5 Å². The van der Waals surface area contributed by atoms with Crippen LogP contribution in [-0.4, -0.2) is 34.6 Å². The quantitative estimate of drug-likeness (QED) is 0.855. The lowest BCUT2D eigenvalue weighted by Gasteiger charge is -2.14. The maximum absolute atomic E-state index is 11.8. The van der Waals surface area contributed by atoms with Crippen LogP contribution in [0.25, 0.3) is 0 Å². The molecule has 1 saturated heterocycles. The van der Waals surface area contributed by atoms with Crippen LogP contribution >= 0.6 is 23.4 Å². The molecule has 4 nitrogen and oxygen atoms in total. The third-order valence-electron chi connectivity index (χ3n) is 2.64. The number of likely N-dealkylation sites (tertiary alicyclic amines) is 1. The second kappa shape index (κ2) is 5.60. The number of anilines is 1. The van der Waals surface area contributed by atoms with E-state index in [1.165, 1.54) is 11.8 Å².